The summed E-state index contributed by atoms with van der Waals surface area (Å²) in [5.74, 6) is 2.25. The highest BCUT2D eigenvalue weighted by molar-refractivity contribution is 5.74. The van der Waals surface area contributed by atoms with E-state index >= 15 is 0 Å². The number of rotatable bonds is 6. The van der Waals surface area contributed by atoms with E-state index in [2.05, 4.69) is 30.7 Å². The van der Waals surface area contributed by atoms with Gasteiger partial charge in [0.1, 0.15) is 12.4 Å². The molecule has 2 N–H and O–H groups in total. The third kappa shape index (κ3) is 3.80. The molecule has 0 aliphatic carbocycles. The standard InChI is InChI=1S/C13H21N7O2/c1-5-10-17-18-11(22-10)7-20(6-2)13(21)14-8(3)12-15-9(4)16-19-12/h8H,5-7H2,1-4H3,(H,14,21)(H,15,16,19). The van der Waals surface area contributed by atoms with Crippen molar-refractivity contribution >= 4 is 6.03 Å². The molecule has 22 heavy (non-hydrogen) atoms. The smallest absolute Gasteiger partial charge is 0.318 e. The van der Waals surface area contributed by atoms with E-state index in [4.69, 9.17) is 4.42 Å². The van der Waals surface area contributed by atoms with Crippen LogP contribution in [0.1, 0.15) is 50.2 Å². The fourth-order valence-electron chi connectivity index (χ4n) is 1.88. The molecule has 0 bridgehead atoms. The number of carbonyl (C=O) groups excluding carboxylic acids is 1. The van der Waals surface area contributed by atoms with Gasteiger partial charge in [0.05, 0.1) is 6.04 Å². The highest BCUT2D eigenvalue weighted by Crippen LogP contribution is 2.09. The van der Waals surface area contributed by atoms with Crippen LogP contribution in [0.15, 0.2) is 4.42 Å². The second-order valence-corrected chi connectivity index (χ2v) is 4.91. The molecule has 0 fully saturated rings. The van der Waals surface area contributed by atoms with Crippen LogP contribution in [0.4, 0.5) is 4.79 Å². The van der Waals surface area contributed by atoms with Crippen molar-refractivity contribution in [3.63, 3.8) is 0 Å². The van der Waals surface area contributed by atoms with E-state index in [0.717, 1.165) is 0 Å². The Labute approximate surface area is 128 Å². The first-order chi connectivity index (χ1) is 10.5. The molecule has 0 aliphatic rings. The van der Waals surface area contributed by atoms with E-state index in [9.17, 15) is 4.79 Å². The molecule has 0 spiro atoms. The van der Waals surface area contributed by atoms with Crippen LogP contribution in [-0.2, 0) is 13.0 Å². The highest BCUT2D eigenvalue weighted by atomic mass is 16.4. The monoisotopic (exact) mass is 307 g/mol. The number of amides is 2. The SMILES string of the molecule is CCc1nnc(CN(CC)C(=O)NC(C)c2n[nH]c(C)n2)o1. The number of nitrogens with one attached hydrogen (secondary N) is 2. The summed E-state index contributed by atoms with van der Waals surface area (Å²) in [6.07, 6.45) is 0.673. The van der Waals surface area contributed by atoms with Crippen LogP contribution in [0.3, 0.4) is 0 Å². The topological polar surface area (TPSA) is 113 Å². The number of aromatic nitrogens is 5. The summed E-state index contributed by atoms with van der Waals surface area (Å²) in [4.78, 5) is 18.1. The minimum Gasteiger partial charge on any atom is -0.423 e. The van der Waals surface area contributed by atoms with Crippen LogP contribution in [0, 0.1) is 6.92 Å². The Hall–Kier alpha value is -2.45. The molecule has 0 radical (unpaired) electrons. The van der Waals surface area contributed by atoms with Gasteiger partial charge in [-0.1, -0.05) is 6.92 Å². The van der Waals surface area contributed by atoms with E-state index in [1.807, 2.05) is 27.7 Å². The third-order valence-corrected chi connectivity index (χ3v) is 3.15. The molecular weight excluding hydrogens is 286 g/mol. The van der Waals surface area contributed by atoms with Crippen LogP contribution >= 0.6 is 0 Å². The summed E-state index contributed by atoms with van der Waals surface area (Å²) >= 11 is 0. The minimum absolute atomic E-state index is 0.228. The van der Waals surface area contributed by atoms with E-state index < -0.39 is 0 Å². The molecule has 1 unspecified atom stereocenters. The molecular formula is C13H21N7O2. The van der Waals surface area contributed by atoms with Crippen LogP contribution in [0.25, 0.3) is 0 Å². The Kier molecular flexibility index (Phi) is 5.08. The molecule has 0 saturated carbocycles. The number of nitrogens with zero attached hydrogens (tertiary/aromatic N) is 5. The first-order valence-corrected chi connectivity index (χ1v) is 7.29. The van der Waals surface area contributed by atoms with Gasteiger partial charge in [0.25, 0.3) is 0 Å². The fourth-order valence-corrected chi connectivity index (χ4v) is 1.88. The Bertz CT molecular complexity index is 621. The maximum atomic E-state index is 12.3. The lowest BCUT2D eigenvalue weighted by atomic mass is 10.3. The molecule has 1 atom stereocenters. The molecule has 2 amide bonds. The number of aromatic amines is 1. The van der Waals surface area contributed by atoms with E-state index in [1.54, 1.807) is 4.90 Å². The van der Waals surface area contributed by atoms with Crippen molar-refractivity contribution in [3.8, 4) is 0 Å². The second kappa shape index (κ2) is 7.01. The quantitative estimate of drug-likeness (QED) is 0.833. The van der Waals surface area contributed by atoms with Gasteiger partial charge in [-0.25, -0.2) is 9.78 Å². The molecule has 2 heterocycles. The fraction of sp³-hybridized carbons (Fsp3) is 0.615. The first kappa shape index (κ1) is 15.9. The molecule has 9 nitrogen and oxygen atoms in total. The number of H-pyrrole nitrogens is 1. The number of hydrogen-bond acceptors (Lipinski definition) is 6. The number of hydrogen-bond donors (Lipinski definition) is 2. The number of urea groups is 1. The summed E-state index contributed by atoms with van der Waals surface area (Å²) < 4.78 is 5.43. The summed E-state index contributed by atoms with van der Waals surface area (Å²) in [6.45, 7) is 8.26. The average molecular weight is 307 g/mol. The molecule has 2 aromatic rings. The van der Waals surface area contributed by atoms with Crippen molar-refractivity contribution in [1.29, 1.82) is 0 Å². The van der Waals surface area contributed by atoms with E-state index in [1.165, 1.54) is 0 Å². The highest BCUT2D eigenvalue weighted by Gasteiger charge is 2.19. The molecule has 0 saturated heterocycles. The summed E-state index contributed by atoms with van der Waals surface area (Å²) in [5, 5.41) is 17.5. The summed E-state index contributed by atoms with van der Waals surface area (Å²) in [5.41, 5.74) is 0. The number of aryl methyl sites for hydroxylation is 2. The predicted octanol–water partition coefficient (Wildman–Crippen LogP) is 1.35. The lowest BCUT2D eigenvalue weighted by molar-refractivity contribution is 0.188. The summed E-state index contributed by atoms with van der Waals surface area (Å²) in [6, 6.07) is -0.519. The van der Waals surface area contributed by atoms with Gasteiger partial charge < -0.3 is 14.6 Å². The zero-order valence-corrected chi connectivity index (χ0v) is 13.3. The minimum atomic E-state index is -0.291. The van der Waals surface area contributed by atoms with Crippen molar-refractivity contribution in [2.24, 2.45) is 0 Å². The van der Waals surface area contributed by atoms with Gasteiger partial charge in [0, 0.05) is 13.0 Å². The zero-order chi connectivity index (χ0) is 16.1. The Morgan fingerprint density at radius 2 is 2.09 bits per heavy atom. The molecule has 2 rings (SSSR count). The van der Waals surface area contributed by atoms with Gasteiger partial charge in [0.15, 0.2) is 5.82 Å². The van der Waals surface area contributed by atoms with Gasteiger partial charge in [-0.15, -0.1) is 10.2 Å². The van der Waals surface area contributed by atoms with Crippen LogP contribution in [0.5, 0.6) is 0 Å². The molecule has 2 aromatic heterocycles. The van der Waals surface area contributed by atoms with Gasteiger partial charge >= 0.3 is 6.03 Å². The van der Waals surface area contributed by atoms with Crippen molar-refractivity contribution in [2.45, 2.75) is 46.7 Å². The molecule has 120 valence electrons. The van der Waals surface area contributed by atoms with Crippen LogP contribution in [0.2, 0.25) is 0 Å². The predicted molar refractivity (Wildman–Crippen MR) is 77.8 cm³/mol. The van der Waals surface area contributed by atoms with Crippen LogP contribution < -0.4 is 5.32 Å². The zero-order valence-electron chi connectivity index (χ0n) is 13.3. The van der Waals surface area contributed by atoms with E-state index in [-0.39, 0.29) is 18.6 Å². The van der Waals surface area contributed by atoms with Crippen LogP contribution in [-0.4, -0.2) is 42.9 Å². The molecule has 9 heteroatoms. The maximum absolute atomic E-state index is 12.3. The molecule has 0 aliphatic heterocycles. The lowest BCUT2D eigenvalue weighted by Crippen LogP contribution is -2.40. The largest absolute Gasteiger partial charge is 0.423 e. The normalized spacial score (nSPS) is 12.2. The Balaban J connectivity index is 1.96. The summed E-state index contributed by atoms with van der Waals surface area (Å²) in [7, 11) is 0. The molecule has 0 aromatic carbocycles. The van der Waals surface area contributed by atoms with Crippen molar-refractivity contribution in [2.75, 3.05) is 6.54 Å². The Morgan fingerprint density at radius 1 is 1.36 bits per heavy atom. The van der Waals surface area contributed by atoms with Crippen molar-refractivity contribution < 1.29 is 9.21 Å². The second-order valence-electron chi connectivity index (χ2n) is 4.91. The maximum Gasteiger partial charge on any atom is 0.318 e. The van der Waals surface area contributed by atoms with Gasteiger partial charge in [0.2, 0.25) is 11.8 Å². The number of carbonyl (C=O) groups is 1. The third-order valence-electron chi connectivity index (χ3n) is 3.15. The first-order valence-electron chi connectivity index (χ1n) is 7.29. The van der Waals surface area contributed by atoms with Gasteiger partial charge in [-0.05, 0) is 20.8 Å². The van der Waals surface area contributed by atoms with E-state index in [0.29, 0.717) is 36.4 Å². The van der Waals surface area contributed by atoms with Gasteiger partial charge in [-0.3, -0.25) is 5.10 Å². The van der Waals surface area contributed by atoms with Gasteiger partial charge in [-0.2, -0.15) is 5.10 Å². The van der Waals surface area contributed by atoms with Crippen molar-refractivity contribution in [3.05, 3.63) is 23.4 Å². The van der Waals surface area contributed by atoms with Crippen molar-refractivity contribution in [1.82, 2.24) is 35.6 Å². The lowest BCUT2D eigenvalue weighted by Gasteiger charge is -2.21. The Morgan fingerprint density at radius 3 is 2.64 bits per heavy atom. The average Bonchev–Trinajstić information content (AvgIpc) is 3.13.